The lowest BCUT2D eigenvalue weighted by atomic mass is 9.97. The van der Waals surface area contributed by atoms with Crippen LogP contribution < -0.4 is 5.32 Å². The summed E-state index contributed by atoms with van der Waals surface area (Å²) in [5.41, 5.74) is 3.45. The smallest absolute Gasteiger partial charge is 0.0577 e. The molecule has 1 nitrogen and oxygen atoms in total. The number of benzene rings is 2. The van der Waals surface area contributed by atoms with Gasteiger partial charge in [0.15, 0.2) is 0 Å². The van der Waals surface area contributed by atoms with Crippen LogP contribution in [0.25, 0.3) is 0 Å². The van der Waals surface area contributed by atoms with Crippen LogP contribution in [0.4, 0.5) is 0 Å². The number of halogens is 2. The van der Waals surface area contributed by atoms with Crippen LogP contribution in [0.5, 0.6) is 0 Å². The third-order valence-electron chi connectivity index (χ3n) is 3.11. The van der Waals surface area contributed by atoms with Gasteiger partial charge in [0, 0.05) is 10.0 Å². The van der Waals surface area contributed by atoms with Crippen LogP contribution in [-0.4, -0.2) is 6.54 Å². The number of rotatable bonds is 4. The van der Waals surface area contributed by atoms with Gasteiger partial charge in [-0.05, 0) is 48.4 Å². The number of hydrogen-bond acceptors (Lipinski definition) is 1. The largest absolute Gasteiger partial charge is 0.307 e. The fourth-order valence-corrected chi connectivity index (χ4v) is 2.48. The fraction of sp³-hybridized carbons (Fsp3) is 0.250. The molecule has 0 fully saturated rings. The lowest BCUT2D eigenvalue weighted by Gasteiger charge is -2.20. The zero-order valence-corrected chi connectivity index (χ0v) is 12.6. The van der Waals surface area contributed by atoms with Gasteiger partial charge in [0.25, 0.3) is 0 Å². The van der Waals surface area contributed by atoms with Crippen molar-refractivity contribution in [1.29, 1.82) is 0 Å². The summed E-state index contributed by atoms with van der Waals surface area (Å²) in [6, 6.07) is 14.2. The van der Waals surface area contributed by atoms with Crippen molar-refractivity contribution in [1.82, 2.24) is 5.32 Å². The molecule has 19 heavy (non-hydrogen) atoms. The predicted molar refractivity (Wildman–Crippen MR) is 83.2 cm³/mol. The van der Waals surface area contributed by atoms with E-state index in [9.17, 15) is 0 Å². The van der Waals surface area contributed by atoms with Crippen LogP contribution >= 0.6 is 23.2 Å². The lowest BCUT2D eigenvalue weighted by molar-refractivity contribution is 0.630. The molecule has 0 amide bonds. The Bertz CT molecular complexity index is 566. The molecule has 0 aromatic heterocycles. The fourth-order valence-electron chi connectivity index (χ4n) is 2.17. The molecule has 0 heterocycles. The van der Waals surface area contributed by atoms with E-state index in [1.165, 1.54) is 5.56 Å². The van der Waals surface area contributed by atoms with E-state index in [0.717, 1.165) is 27.7 Å². The Hall–Kier alpha value is -1.02. The van der Waals surface area contributed by atoms with Gasteiger partial charge in [-0.2, -0.15) is 0 Å². The Morgan fingerprint density at radius 2 is 1.79 bits per heavy atom. The molecule has 0 spiro atoms. The van der Waals surface area contributed by atoms with Gasteiger partial charge < -0.3 is 5.32 Å². The van der Waals surface area contributed by atoms with E-state index >= 15 is 0 Å². The molecule has 0 radical (unpaired) electrons. The van der Waals surface area contributed by atoms with Crippen LogP contribution in [0.1, 0.15) is 29.7 Å². The van der Waals surface area contributed by atoms with Crippen LogP contribution in [-0.2, 0) is 0 Å². The van der Waals surface area contributed by atoms with Crippen molar-refractivity contribution in [2.45, 2.75) is 19.9 Å². The molecule has 1 N–H and O–H groups in total. The highest BCUT2D eigenvalue weighted by Crippen LogP contribution is 2.27. The third kappa shape index (κ3) is 3.50. The molecule has 0 aliphatic heterocycles. The maximum Gasteiger partial charge on any atom is 0.0577 e. The number of hydrogen-bond donors (Lipinski definition) is 1. The van der Waals surface area contributed by atoms with Crippen molar-refractivity contribution in [3.8, 4) is 0 Å². The summed E-state index contributed by atoms with van der Waals surface area (Å²) in [7, 11) is 0. The summed E-state index contributed by atoms with van der Waals surface area (Å²) in [5, 5.41) is 5.04. The van der Waals surface area contributed by atoms with Crippen molar-refractivity contribution >= 4 is 23.2 Å². The van der Waals surface area contributed by atoms with Gasteiger partial charge in [0.1, 0.15) is 0 Å². The monoisotopic (exact) mass is 293 g/mol. The van der Waals surface area contributed by atoms with Crippen LogP contribution in [0, 0.1) is 6.92 Å². The Kier molecular flexibility index (Phi) is 4.87. The Morgan fingerprint density at radius 3 is 2.42 bits per heavy atom. The molecule has 0 saturated carbocycles. The summed E-state index contributed by atoms with van der Waals surface area (Å²) >= 11 is 12.2. The normalized spacial score (nSPS) is 12.4. The Labute approximate surface area is 124 Å². The van der Waals surface area contributed by atoms with Crippen LogP contribution in [0.2, 0.25) is 10.0 Å². The maximum atomic E-state index is 6.09. The van der Waals surface area contributed by atoms with Crippen LogP contribution in [0.15, 0.2) is 42.5 Å². The highest BCUT2D eigenvalue weighted by atomic mass is 35.5. The molecule has 2 aromatic carbocycles. The predicted octanol–water partition coefficient (Wildman–Crippen LogP) is 5.00. The van der Waals surface area contributed by atoms with E-state index in [1.807, 2.05) is 31.2 Å². The number of aryl methyl sites for hydroxylation is 1. The Morgan fingerprint density at radius 1 is 1.05 bits per heavy atom. The average Bonchev–Trinajstić information content (AvgIpc) is 2.39. The van der Waals surface area contributed by atoms with Crippen LogP contribution in [0.3, 0.4) is 0 Å². The standard InChI is InChI=1S/C16H17Cl2N/c1-3-19-16(12-5-4-6-14(17)10-12)13-7-8-15(18)11(2)9-13/h4-10,16,19H,3H2,1-2H3. The summed E-state index contributed by atoms with van der Waals surface area (Å²) in [6.07, 6.45) is 0. The highest BCUT2D eigenvalue weighted by Gasteiger charge is 2.13. The first kappa shape index (κ1) is 14.4. The van der Waals surface area contributed by atoms with Gasteiger partial charge in [-0.1, -0.05) is 54.4 Å². The second-order valence-corrected chi connectivity index (χ2v) is 5.40. The summed E-state index contributed by atoms with van der Waals surface area (Å²) in [4.78, 5) is 0. The van der Waals surface area contributed by atoms with Gasteiger partial charge in [-0.15, -0.1) is 0 Å². The minimum atomic E-state index is 0.139. The molecule has 1 unspecified atom stereocenters. The zero-order chi connectivity index (χ0) is 13.8. The van der Waals surface area contributed by atoms with Gasteiger partial charge in [0.2, 0.25) is 0 Å². The van der Waals surface area contributed by atoms with E-state index < -0.39 is 0 Å². The zero-order valence-electron chi connectivity index (χ0n) is 11.1. The van der Waals surface area contributed by atoms with E-state index in [0.29, 0.717) is 0 Å². The average molecular weight is 294 g/mol. The van der Waals surface area contributed by atoms with Crippen molar-refractivity contribution < 1.29 is 0 Å². The quantitative estimate of drug-likeness (QED) is 0.836. The number of nitrogens with one attached hydrogen (secondary N) is 1. The maximum absolute atomic E-state index is 6.09. The van der Waals surface area contributed by atoms with Crippen molar-refractivity contribution in [3.05, 3.63) is 69.2 Å². The Balaban J connectivity index is 2.42. The van der Waals surface area contributed by atoms with E-state index in [2.05, 4.69) is 30.4 Å². The van der Waals surface area contributed by atoms with Gasteiger partial charge >= 0.3 is 0 Å². The molecule has 0 aliphatic carbocycles. The molecule has 0 aliphatic rings. The van der Waals surface area contributed by atoms with Crippen molar-refractivity contribution in [2.75, 3.05) is 6.54 Å². The van der Waals surface area contributed by atoms with Crippen molar-refractivity contribution in [3.63, 3.8) is 0 Å². The molecule has 2 rings (SSSR count). The van der Waals surface area contributed by atoms with Gasteiger partial charge in [0.05, 0.1) is 6.04 Å². The summed E-state index contributed by atoms with van der Waals surface area (Å²) < 4.78 is 0. The van der Waals surface area contributed by atoms with E-state index in [1.54, 1.807) is 0 Å². The van der Waals surface area contributed by atoms with Gasteiger partial charge in [-0.3, -0.25) is 0 Å². The molecule has 100 valence electrons. The summed E-state index contributed by atoms with van der Waals surface area (Å²) in [6.45, 7) is 5.01. The minimum absolute atomic E-state index is 0.139. The van der Waals surface area contributed by atoms with Gasteiger partial charge in [-0.25, -0.2) is 0 Å². The minimum Gasteiger partial charge on any atom is -0.307 e. The molecule has 0 saturated heterocycles. The second-order valence-electron chi connectivity index (χ2n) is 4.55. The molecular weight excluding hydrogens is 277 g/mol. The molecule has 0 bridgehead atoms. The molecule has 1 atom stereocenters. The first-order valence-corrected chi connectivity index (χ1v) is 7.12. The SMILES string of the molecule is CCNC(c1cccc(Cl)c1)c1ccc(Cl)c(C)c1. The van der Waals surface area contributed by atoms with Crippen molar-refractivity contribution in [2.24, 2.45) is 0 Å². The first-order chi connectivity index (χ1) is 9.11. The van der Waals surface area contributed by atoms with E-state index in [4.69, 9.17) is 23.2 Å². The third-order valence-corrected chi connectivity index (χ3v) is 3.76. The summed E-state index contributed by atoms with van der Waals surface area (Å²) in [5.74, 6) is 0. The van der Waals surface area contributed by atoms with E-state index in [-0.39, 0.29) is 6.04 Å². The highest BCUT2D eigenvalue weighted by molar-refractivity contribution is 6.31. The first-order valence-electron chi connectivity index (χ1n) is 6.36. The topological polar surface area (TPSA) is 12.0 Å². The molecule has 3 heteroatoms. The molecular formula is C16H17Cl2N. The lowest BCUT2D eigenvalue weighted by Crippen LogP contribution is -2.22. The second kappa shape index (κ2) is 6.42. The molecule has 2 aromatic rings.